The second-order valence-electron chi connectivity index (χ2n) is 3.91. The van der Waals surface area contributed by atoms with Gasteiger partial charge in [0, 0.05) is 19.1 Å². The van der Waals surface area contributed by atoms with Gasteiger partial charge in [-0.1, -0.05) is 0 Å². The first-order valence-corrected chi connectivity index (χ1v) is 5.36. The lowest BCUT2D eigenvalue weighted by molar-refractivity contribution is 0.0659. The molecular formula is C11H13NO5. The second-order valence-corrected chi connectivity index (χ2v) is 3.91. The van der Waals surface area contributed by atoms with Crippen LogP contribution in [0.1, 0.15) is 27.5 Å². The third kappa shape index (κ3) is 2.85. The normalized spacial score (nSPS) is 19.2. The number of aromatic carboxylic acids is 1. The standard InChI is InChI=1S/C11H13NO5/c13-10(12-5-7-3-4-16-6-7)8-1-2-9(17-8)11(14)15/h1-2,7H,3-6H2,(H,12,13)(H,14,15). The van der Waals surface area contributed by atoms with Crippen LogP contribution < -0.4 is 5.32 Å². The van der Waals surface area contributed by atoms with Gasteiger partial charge in [0.25, 0.3) is 5.91 Å². The molecule has 1 amide bonds. The number of carboxylic acid groups (broad SMARTS) is 1. The SMILES string of the molecule is O=C(O)c1ccc(C(=O)NCC2CCOC2)o1. The molecule has 0 bridgehead atoms. The van der Waals surface area contributed by atoms with Crippen LogP contribution in [0.15, 0.2) is 16.5 Å². The van der Waals surface area contributed by atoms with Crippen molar-refractivity contribution in [2.75, 3.05) is 19.8 Å². The monoisotopic (exact) mass is 239 g/mol. The molecule has 0 saturated carbocycles. The molecule has 1 aromatic rings. The predicted molar refractivity (Wildman–Crippen MR) is 56.9 cm³/mol. The molecule has 6 nitrogen and oxygen atoms in total. The highest BCUT2D eigenvalue weighted by atomic mass is 16.5. The molecule has 1 atom stereocenters. The van der Waals surface area contributed by atoms with Crippen molar-refractivity contribution in [3.05, 3.63) is 23.7 Å². The van der Waals surface area contributed by atoms with Crippen LogP contribution in [0.4, 0.5) is 0 Å². The van der Waals surface area contributed by atoms with Crippen LogP contribution in [0, 0.1) is 5.92 Å². The van der Waals surface area contributed by atoms with Gasteiger partial charge < -0.3 is 19.6 Å². The first-order chi connectivity index (χ1) is 8.16. The fourth-order valence-corrected chi connectivity index (χ4v) is 1.64. The van der Waals surface area contributed by atoms with E-state index >= 15 is 0 Å². The van der Waals surface area contributed by atoms with Gasteiger partial charge in [-0.25, -0.2) is 4.79 Å². The Bertz CT molecular complexity index is 419. The highest BCUT2D eigenvalue weighted by Gasteiger charge is 2.19. The van der Waals surface area contributed by atoms with Gasteiger partial charge in [-0.15, -0.1) is 0 Å². The lowest BCUT2D eigenvalue weighted by Crippen LogP contribution is -2.29. The molecule has 1 fully saturated rings. The molecule has 0 aliphatic carbocycles. The van der Waals surface area contributed by atoms with Crippen molar-refractivity contribution in [3.63, 3.8) is 0 Å². The Hall–Kier alpha value is -1.82. The van der Waals surface area contributed by atoms with Crippen molar-refractivity contribution in [2.24, 2.45) is 5.92 Å². The fraction of sp³-hybridized carbons (Fsp3) is 0.455. The number of carbonyl (C=O) groups is 2. The van der Waals surface area contributed by atoms with E-state index in [1.165, 1.54) is 12.1 Å². The van der Waals surface area contributed by atoms with Gasteiger partial charge in [0.2, 0.25) is 5.76 Å². The van der Waals surface area contributed by atoms with Crippen LogP contribution in [0.2, 0.25) is 0 Å². The largest absolute Gasteiger partial charge is 0.475 e. The van der Waals surface area contributed by atoms with Gasteiger partial charge in [0.05, 0.1) is 6.61 Å². The first kappa shape index (κ1) is 11.7. The Balaban J connectivity index is 1.87. The van der Waals surface area contributed by atoms with E-state index in [4.69, 9.17) is 14.3 Å². The summed E-state index contributed by atoms with van der Waals surface area (Å²) in [6.45, 7) is 1.89. The maximum absolute atomic E-state index is 11.6. The minimum atomic E-state index is -1.19. The van der Waals surface area contributed by atoms with Crippen LogP contribution in [-0.2, 0) is 4.74 Å². The summed E-state index contributed by atoms with van der Waals surface area (Å²) in [6.07, 6.45) is 0.929. The molecule has 0 spiro atoms. The molecule has 0 aromatic carbocycles. The quantitative estimate of drug-likeness (QED) is 0.809. The number of carboxylic acids is 1. The topological polar surface area (TPSA) is 88.8 Å². The second kappa shape index (κ2) is 5.01. The number of hydrogen-bond donors (Lipinski definition) is 2. The van der Waals surface area contributed by atoms with E-state index in [1.807, 2.05) is 0 Å². The Labute approximate surface area is 97.6 Å². The summed E-state index contributed by atoms with van der Waals surface area (Å²) in [7, 11) is 0. The minimum Gasteiger partial charge on any atom is -0.475 e. The minimum absolute atomic E-state index is 0.0151. The molecule has 1 aliphatic rings. The maximum Gasteiger partial charge on any atom is 0.371 e. The first-order valence-electron chi connectivity index (χ1n) is 5.36. The van der Waals surface area contributed by atoms with Crippen molar-refractivity contribution < 1.29 is 23.8 Å². The molecule has 2 heterocycles. The Kier molecular flexibility index (Phi) is 3.43. The predicted octanol–water partition coefficient (Wildman–Crippen LogP) is 0.744. The van der Waals surface area contributed by atoms with Crippen molar-refractivity contribution >= 4 is 11.9 Å². The molecule has 2 N–H and O–H groups in total. The van der Waals surface area contributed by atoms with E-state index in [2.05, 4.69) is 5.32 Å². The smallest absolute Gasteiger partial charge is 0.371 e. The number of ether oxygens (including phenoxy) is 1. The third-order valence-electron chi connectivity index (χ3n) is 2.62. The third-order valence-corrected chi connectivity index (χ3v) is 2.62. The van der Waals surface area contributed by atoms with Crippen LogP contribution in [-0.4, -0.2) is 36.7 Å². The number of nitrogens with one attached hydrogen (secondary N) is 1. The summed E-state index contributed by atoms with van der Waals surface area (Å²) in [6, 6.07) is 2.61. The van der Waals surface area contributed by atoms with Crippen molar-refractivity contribution in [3.8, 4) is 0 Å². The number of carbonyl (C=O) groups excluding carboxylic acids is 1. The number of rotatable bonds is 4. The number of amides is 1. The number of hydrogen-bond acceptors (Lipinski definition) is 4. The molecule has 1 saturated heterocycles. The molecule has 17 heavy (non-hydrogen) atoms. The molecule has 1 unspecified atom stereocenters. The Morgan fingerprint density at radius 3 is 2.76 bits per heavy atom. The molecule has 1 aromatic heterocycles. The Morgan fingerprint density at radius 1 is 1.41 bits per heavy atom. The molecule has 0 radical (unpaired) electrons. The number of furan rings is 1. The Morgan fingerprint density at radius 2 is 2.18 bits per heavy atom. The van der Waals surface area contributed by atoms with Crippen molar-refractivity contribution in [2.45, 2.75) is 6.42 Å². The van der Waals surface area contributed by atoms with Crippen molar-refractivity contribution in [1.29, 1.82) is 0 Å². The zero-order chi connectivity index (χ0) is 12.3. The van der Waals surface area contributed by atoms with E-state index in [0.29, 0.717) is 19.1 Å². The van der Waals surface area contributed by atoms with Crippen LogP contribution >= 0.6 is 0 Å². The summed E-state index contributed by atoms with van der Waals surface area (Å²) in [4.78, 5) is 22.2. The van der Waals surface area contributed by atoms with Crippen LogP contribution in [0.5, 0.6) is 0 Å². The summed E-state index contributed by atoms with van der Waals surface area (Å²) in [5.41, 5.74) is 0. The average Bonchev–Trinajstić information content (AvgIpc) is 2.96. The fourth-order valence-electron chi connectivity index (χ4n) is 1.64. The summed E-state index contributed by atoms with van der Waals surface area (Å²) in [5.74, 6) is -1.48. The summed E-state index contributed by atoms with van der Waals surface area (Å²) in [5, 5.41) is 11.3. The van der Waals surface area contributed by atoms with Gasteiger partial charge in [-0.3, -0.25) is 4.79 Å². The molecular weight excluding hydrogens is 226 g/mol. The lowest BCUT2D eigenvalue weighted by atomic mass is 10.1. The maximum atomic E-state index is 11.6. The molecule has 6 heteroatoms. The van der Waals surface area contributed by atoms with E-state index in [-0.39, 0.29) is 11.5 Å². The van der Waals surface area contributed by atoms with Crippen LogP contribution in [0.3, 0.4) is 0 Å². The van der Waals surface area contributed by atoms with Crippen LogP contribution in [0.25, 0.3) is 0 Å². The zero-order valence-corrected chi connectivity index (χ0v) is 9.14. The highest BCUT2D eigenvalue weighted by Crippen LogP contribution is 2.12. The van der Waals surface area contributed by atoms with E-state index in [1.54, 1.807) is 0 Å². The summed E-state index contributed by atoms with van der Waals surface area (Å²) >= 11 is 0. The zero-order valence-electron chi connectivity index (χ0n) is 9.14. The van der Waals surface area contributed by atoms with E-state index in [9.17, 15) is 9.59 Å². The van der Waals surface area contributed by atoms with E-state index in [0.717, 1.165) is 13.0 Å². The van der Waals surface area contributed by atoms with Gasteiger partial charge in [0.15, 0.2) is 5.76 Å². The molecule has 2 rings (SSSR count). The average molecular weight is 239 g/mol. The van der Waals surface area contributed by atoms with Gasteiger partial charge in [0.1, 0.15) is 0 Å². The molecule has 1 aliphatic heterocycles. The van der Waals surface area contributed by atoms with Gasteiger partial charge in [-0.2, -0.15) is 0 Å². The van der Waals surface area contributed by atoms with E-state index < -0.39 is 11.9 Å². The van der Waals surface area contributed by atoms with Gasteiger partial charge >= 0.3 is 5.97 Å². The lowest BCUT2D eigenvalue weighted by Gasteiger charge is -2.07. The van der Waals surface area contributed by atoms with Gasteiger partial charge in [-0.05, 0) is 18.6 Å². The summed E-state index contributed by atoms with van der Waals surface area (Å²) < 4.78 is 10.1. The van der Waals surface area contributed by atoms with Crippen molar-refractivity contribution in [1.82, 2.24) is 5.32 Å². The molecule has 92 valence electrons. The highest BCUT2D eigenvalue weighted by molar-refractivity contribution is 5.93.